The van der Waals surface area contributed by atoms with E-state index in [4.69, 9.17) is 4.74 Å². The monoisotopic (exact) mass is 271 g/mol. The molecule has 102 valence electrons. The van der Waals surface area contributed by atoms with Crippen molar-refractivity contribution in [1.82, 2.24) is 4.72 Å². The van der Waals surface area contributed by atoms with Crippen LogP contribution in [0.15, 0.2) is 35.2 Å². The van der Waals surface area contributed by atoms with Crippen molar-refractivity contribution in [2.75, 3.05) is 20.3 Å². The average Bonchev–Trinajstić information content (AvgIpc) is 2.36. The molecule has 0 heterocycles. The highest BCUT2D eigenvalue weighted by atomic mass is 32.2. The lowest BCUT2D eigenvalue weighted by Gasteiger charge is -2.24. The largest absolute Gasteiger partial charge is 0.385 e. The quantitative estimate of drug-likeness (QED) is 0.825. The molecule has 0 fully saturated rings. The third kappa shape index (κ3) is 4.76. The number of hydrogen-bond acceptors (Lipinski definition) is 3. The molecule has 0 unspecified atom stereocenters. The molecule has 0 saturated heterocycles. The molecule has 1 rings (SSSR count). The lowest BCUT2D eigenvalue weighted by atomic mass is 9.90. The topological polar surface area (TPSA) is 55.4 Å². The summed E-state index contributed by atoms with van der Waals surface area (Å²) in [5, 5.41) is 0. The fraction of sp³-hybridized carbons (Fsp3) is 0.538. The molecule has 0 spiro atoms. The van der Waals surface area contributed by atoms with Crippen molar-refractivity contribution in [2.45, 2.75) is 25.2 Å². The van der Waals surface area contributed by atoms with Gasteiger partial charge in [-0.15, -0.1) is 0 Å². The van der Waals surface area contributed by atoms with E-state index in [-0.39, 0.29) is 5.41 Å². The fourth-order valence-corrected chi connectivity index (χ4v) is 2.70. The number of sulfonamides is 1. The second-order valence-corrected chi connectivity index (χ2v) is 6.81. The van der Waals surface area contributed by atoms with Gasteiger partial charge >= 0.3 is 0 Å². The van der Waals surface area contributed by atoms with Gasteiger partial charge in [0.1, 0.15) is 0 Å². The maximum absolute atomic E-state index is 12.0. The molecular weight excluding hydrogens is 250 g/mol. The van der Waals surface area contributed by atoms with E-state index >= 15 is 0 Å². The molecule has 0 aliphatic carbocycles. The van der Waals surface area contributed by atoms with Crippen molar-refractivity contribution in [3.63, 3.8) is 0 Å². The first-order chi connectivity index (χ1) is 8.37. The third-order valence-electron chi connectivity index (χ3n) is 2.78. The molecule has 0 aliphatic heterocycles. The summed E-state index contributed by atoms with van der Waals surface area (Å²) in [7, 11) is -1.77. The zero-order valence-corrected chi connectivity index (χ0v) is 12.0. The molecule has 0 aromatic heterocycles. The second kappa shape index (κ2) is 6.31. The van der Waals surface area contributed by atoms with Gasteiger partial charge in [-0.1, -0.05) is 32.0 Å². The maximum Gasteiger partial charge on any atom is 0.240 e. The Morgan fingerprint density at radius 3 is 2.39 bits per heavy atom. The van der Waals surface area contributed by atoms with Gasteiger partial charge in [0.25, 0.3) is 0 Å². The van der Waals surface area contributed by atoms with Crippen molar-refractivity contribution in [2.24, 2.45) is 5.41 Å². The van der Waals surface area contributed by atoms with Gasteiger partial charge in [0.15, 0.2) is 0 Å². The van der Waals surface area contributed by atoms with E-state index in [0.29, 0.717) is 18.0 Å². The van der Waals surface area contributed by atoms with Crippen molar-refractivity contribution < 1.29 is 13.2 Å². The molecule has 0 radical (unpaired) electrons. The Labute approximate surface area is 109 Å². The van der Waals surface area contributed by atoms with Gasteiger partial charge in [0, 0.05) is 20.3 Å². The first-order valence-corrected chi connectivity index (χ1v) is 7.39. The second-order valence-electron chi connectivity index (χ2n) is 5.04. The minimum atomic E-state index is -3.41. The van der Waals surface area contributed by atoms with Crippen LogP contribution in [0.1, 0.15) is 20.3 Å². The number of nitrogens with one attached hydrogen (secondary N) is 1. The average molecular weight is 271 g/mol. The highest BCUT2D eigenvalue weighted by molar-refractivity contribution is 7.89. The van der Waals surface area contributed by atoms with Gasteiger partial charge in [-0.25, -0.2) is 13.1 Å². The van der Waals surface area contributed by atoms with Crippen molar-refractivity contribution in [3.05, 3.63) is 30.3 Å². The van der Waals surface area contributed by atoms with Crippen LogP contribution < -0.4 is 4.72 Å². The minimum Gasteiger partial charge on any atom is -0.385 e. The Balaban J connectivity index is 2.63. The maximum atomic E-state index is 12.0. The normalized spacial score (nSPS) is 12.6. The van der Waals surface area contributed by atoms with E-state index in [0.717, 1.165) is 6.42 Å². The highest BCUT2D eigenvalue weighted by Crippen LogP contribution is 2.20. The van der Waals surface area contributed by atoms with E-state index in [1.54, 1.807) is 37.4 Å². The summed E-state index contributed by atoms with van der Waals surface area (Å²) in [6, 6.07) is 8.39. The molecule has 1 aromatic carbocycles. The lowest BCUT2D eigenvalue weighted by molar-refractivity contribution is 0.153. The van der Waals surface area contributed by atoms with Crippen LogP contribution in [-0.2, 0) is 14.8 Å². The summed E-state index contributed by atoms with van der Waals surface area (Å²) in [5.74, 6) is 0. The number of methoxy groups -OCH3 is 1. The van der Waals surface area contributed by atoms with Crippen LogP contribution >= 0.6 is 0 Å². The predicted molar refractivity (Wildman–Crippen MR) is 71.9 cm³/mol. The van der Waals surface area contributed by atoms with E-state index in [9.17, 15) is 8.42 Å². The number of hydrogen-bond donors (Lipinski definition) is 1. The highest BCUT2D eigenvalue weighted by Gasteiger charge is 2.21. The van der Waals surface area contributed by atoms with Crippen molar-refractivity contribution in [3.8, 4) is 0 Å². The van der Waals surface area contributed by atoms with Gasteiger partial charge in [-0.05, 0) is 24.0 Å². The first-order valence-electron chi connectivity index (χ1n) is 5.91. The smallest absolute Gasteiger partial charge is 0.240 e. The lowest BCUT2D eigenvalue weighted by Crippen LogP contribution is -2.34. The number of ether oxygens (including phenoxy) is 1. The molecule has 0 amide bonds. The van der Waals surface area contributed by atoms with Crippen molar-refractivity contribution in [1.29, 1.82) is 0 Å². The molecule has 0 bridgehead atoms. The molecule has 0 aliphatic rings. The Morgan fingerprint density at radius 1 is 1.22 bits per heavy atom. The first kappa shape index (κ1) is 15.1. The van der Waals surface area contributed by atoms with Crippen LogP contribution in [-0.4, -0.2) is 28.7 Å². The molecule has 18 heavy (non-hydrogen) atoms. The summed E-state index contributed by atoms with van der Waals surface area (Å²) in [6.07, 6.45) is 0.806. The SMILES string of the molecule is COCCC(C)(C)CNS(=O)(=O)c1ccccc1. The summed E-state index contributed by atoms with van der Waals surface area (Å²) < 4.78 is 31.7. The zero-order chi connectivity index (χ0) is 13.6. The van der Waals surface area contributed by atoms with Gasteiger partial charge in [-0.2, -0.15) is 0 Å². The summed E-state index contributed by atoms with van der Waals surface area (Å²) in [6.45, 7) is 5.05. The van der Waals surface area contributed by atoms with Crippen LogP contribution in [0, 0.1) is 5.41 Å². The van der Waals surface area contributed by atoms with Gasteiger partial charge < -0.3 is 4.74 Å². The van der Waals surface area contributed by atoms with Crippen molar-refractivity contribution >= 4 is 10.0 Å². The zero-order valence-electron chi connectivity index (χ0n) is 11.1. The Kier molecular flexibility index (Phi) is 5.31. The van der Waals surface area contributed by atoms with Crippen LogP contribution in [0.2, 0.25) is 0 Å². The third-order valence-corrected chi connectivity index (χ3v) is 4.19. The Bertz CT molecular complexity index is 454. The minimum absolute atomic E-state index is 0.127. The number of rotatable bonds is 7. The molecule has 0 saturated carbocycles. The molecule has 1 N–H and O–H groups in total. The predicted octanol–water partition coefficient (Wildman–Crippen LogP) is 2.03. The molecule has 5 heteroatoms. The van der Waals surface area contributed by atoms with E-state index in [1.165, 1.54) is 0 Å². The summed E-state index contributed by atoms with van der Waals surface area (Å²) >= 11 is 0. The Morgan fingerprint density at radius 2 is 1.83 bits per heavy atom. The molecule has 4 nitrogen and oxygen atoms in total. The van der Waals surface area contributed by atoms with Gasteiger partial charge in [-0.3, -0.25) is 0 Å². The summed E-state index contributed by atoms with van der Waals surface area (Å²) in [5.41, 5.74) is -0.127. The fourth-order valence-electron chi connectivity index (χ4n) is 1.44. The van der Waals surface area contributed by atoms with E-state index in [1.807, 2.05) is 13.8 Å². The van der Waals surface area contributed by atoms with Crippen LogP contribution in [0.5, 0.6) is 0 Å². The van der Waals surface area contributed by atoms with Gasteiger partial charge in [0.05, 0.1) is 4.90 Å². The number of benzene rings is 1. The Hall–Kier alpha value is -0.910. The van der Waals surface area contributed by atoms with Crippen LogP contribution in [0.3, 0.4) is 0 Å². The molecular formula is C13H21NO3S. The standard InChI is InChI=1S/C13H21NO3S/c1-13(2,9-10-17-3)11-14-18(15,16)12-7-5-4-6-8-12/h4-8,14H,9-11H2,1-3H3. The van der Waals surface area contributed by atoms with Gasteiger partial charge in [0.2, 0.25) is 10.0 Å². The van der Waals surface area contributed by atoms with E-state index in [2.05, 4.69) is 4.72 Å². The van der Waals surface area contributed by atoms with Crippen LogP contribution in [0.25, 0.3) is 0 Å². The summed E-state index contributed by atoms with van der Waals surface area (Å²) in [4.78, 5) is 0.299. The molecule has 1 aromatic rings. The molecule has 0 atom stereocenters. The van der Waals surface area contributed by atoms with E-state index < -0.39 is 10.0 Å². The van der Waals surface area contributed by atoms with Crippen LogP contribution in [0.4, 0.5) is 0 Å².